The molecule has 1 aliphatic rings. The Morgan fingerprint density at radius 2 is 2.00 bits per heavy atom. The number of carboxylic acids is 1. The summed E-state index contributed by atoms with van der Waals surface area (Å²) < 4.78 is 0. The topological polar surface area (TPSA) is 70.5 Å². The summed E-state index contributed by atoms with van der Waals surface area (Å²) in [4.78, 5) is 28.8. The molecule has 102 valence electrons. The maximum Gasteiger partial charge on any atom is 0.306 e. The van der Waals surface area contributed by atoms with Crippen LogP contribution in [0.4, 0.5) is 0 Å². The van der Waals surface area contributed by atoms with E-state index in [-0.39, 0.29) is 11.8 Å². The molecule has 1 amide bonds. The Kier molecular flexibility index (Phi) is 4.04. The molecule has 1 saturated heterocycles. The van der Waals surface area contributed by atoms with Crippen molar-refractivity contribution >= 4 is 23.5 Å². The molecule has 6 heteroatoms. The number of rotatable bonds is 2. The van der Waals surface area contributed by atoms with E-state index >= 15 is 0 Å². The van der Waals surface area contributed by atoms with E-state index in [0.717, 1.165) is 0 Å². The summed E-state index contributed by atoms with van der Waals surface area (Å²) in [6, 6.07) is 3.23. The Morgan fingerprint density at radius 1 is 1.37 bits per heavy atom. The van der Waals surface area contributed by atoms with Crippen molar-refractivity contribution in [2.75, 3.05) is 13.1 Å². The number of nitrogens with zero attached hydrogens (tertiary/aromatic N) is 2. The zero-order valence-electron chi connectivity index (χ0n) is 10.6. The van der Waals surface area contributed by atoms with Crippen LogP contribution in [0.5, 0.6) is 0 Å². The number of carbonyl (C=O) groups excluding carboxylic acids is 1. The van der Waals surface area contributed by atoms with Crippen molar-refractivity contribution in [1.29, 1.82) is 0 Å². The molecule has 0 atom stereocenters. The second-order valence-corrected chi connectivity index (χ2v) is 5.11. The van der Waals surface area contributed by atoms with Gasteiger partial charge >= 0.3 is 5.97 Å². The van der Waals surface area contributed by atoms with Crippen molar-refractivity contribution in [3.05, 3.63) is 28.5 Å². The normalized spacial score (nSPS) is 16.4. The van der Waals surface area contributed by atoms with E-state index in [0.29, 0.717) is 42.3 Å². The molecule has 2 heterocycles. The fourth-order valence-electron chi connectivity index (χ4n) is 2.26. The number of aryl methyl sites for hydroxylation is 1. The molecule has 1 aromatic heterocycles. The summed E-state index contributed by atoms with van der Waals surface area (Å²) in [5, 5.41) is 9.22. The van der Waals surface area contributed by atoms with Crippen LogP contribution in [-0.2, 0) is 4.79 Å². The van der Waals surface area contributed by atoms with Crippen LogP contribution < -0.4 is 0 Å². The zero-order valence-corrected chi connectivity index (χ0v) is 11.4. The van der Waals surface area contributed by atoms with E-state index < -0.39 is 5.97 Å². The maximum atomic E-state index is 12.3. The van der Waals surface area contributed by atoms with Gasteiger partial charge in [-0.1, -0.05) is 11.6 Å². The van der Waals surface area contributed by atoms with Crippen molar-refractivity contribution in [1.82, 2.24) is 9.88 Å². The van der Waals surface area contributed by atoms with Gasteiger partial charge < -0.3 is 10.0 Å². The molecule has 0 aliphatic carbocycles. The molecule has 2 rings (SSSR count). The fourth-order valence-corrected chi connectivity index (χ4v) is 2.51. The Balaban J connectivity index is 2.07. The standard InChI is InChI=1S/C13H15ClN2O3/c1-8-6-10(7-11(14)15-8)12(17)16-4-2-9(3-5-16)13(18)19/h6-7,9H,2-5H2,1H3,(H,18,19). The SMILES string of the molecule is Cc1cc(C(=O)N2CCC(C(=O)O)CC2)cc(Cl)n1. The number of likely N-dealkylation sites (tertiary alicyclic amines) is 1. The average Bonchev–Trinajstić information content (AvgIpc) is 2.37. The third-order valence-corrected chi connectivity index (χ3v) is 3.49. The molecule has 5 nitrogen and oxygen atoms in total. The summed E-state index contributed by atoms with van der Waals surface area (Å²) in [7, 11) is 0. The first-order valence-corrected chi connectivity index (χ1v) is 6.51. The highest BCUT2D eigenvalue weighted by Gasteiger charge is 2.27. The molecule has 0 bridgehead atoms. The van der Waals surface area contributed by atoms with Gasteiger partial charge in [0.1, 0.15) is 5.15 Å². The number of amides is 1. The number of pyridine rings is 1. The minimum atomic E-state index is -0.783. The average molecular weight is 283 g/mol. The number of hydrogen-bond acceptors (Lipinski definition) is 3. The lowest BCUT2D eigenvalue weighted by Crippen LogP contribution is -2.40. The van der Waals surface area contributed by atoms with Crippen LogP contribution in [0.15, 0.2) is 12.1 Å². The van der Waals surface area contributed by atoms with Gasteiger partial charge in [-0.05, 0) is 31.9 Å². The highest BCUT2D eigenvalue weighted by Crippen LogP contribution is 2.20. The molecule has 0 saturated carbocycles. The van der Waals surface area contributed by atoms with Gasteiger partial charge in [-0.3, -0.25) is 9.59 Å². The highest BCUT2D eigenvalue weighted by atomic mass is 35.5. The molecule has 0 radical (unpaired) electrons. The van der Waals surface area contributed by atoms with Crippen LogP contribution in [0, 0.1) is 12.8 Å². The van der Waals surface area contributed by atoms with Crippen molar-refractivity contribution in [2.45, 2.75) is 19.8 Å². The smallest absolute Gasteiger partial charge is 0.306 e. The van der Waals surface area contributed by atoms with Crippen molar-refractivity contribution < 1.29 is 14.7 Å². The summed E-state index contributed by atoms with van der Waals surface area (Å²) in [6.45, 7) is 2.71. The van der Waals surface area contributed by atoms with Crippen LogP contribution >= 0.6 is 11.6 Å². The Bertz CT molecular complexity index is 490. The Labute approximate surface area is 116 Å². The first kappa shape index (κ1) is 13.8. The van der Waals surface area contributed by atoms with E-state index in [2.05, 4.69) is 4.98 Å². The molecule has 19 heavy (non-hydrogen) atoms. The largest absolute Gasteiger partial charge is 0.481 e. The van der Waals surface area contributed by atoms with Crippen LogP contribution in [0.3, 0.4) is 0 Å². The predicted molar refractivity (Wildman–Crippen MR) is 70.2 cm³/mol. The minimum Gasteiger partial charge on any atom is -0.481 e. The number of piperidine rings is 1. The number of carbonyl (C=O) groups is 2. The summed E-state index contributed by atoms with van der Waals surface area (Å²) in [6.07, 6.45) is 0.998. The third-order valence-electron chi connectivity index (χ3n) is 3.30. The van der Waals surface area contributed by atoms with Gasteiger partial charge in [-0.2, -0.15) is 0 Å². The lowest BCUT2D eigenvalue weighted by Gasteiger charge is -2.30. The predicted octanol–water partition coefficient (Wildman–Crippen LogP) is 1.98. The van der Waals surface area contributed by atoms with Gasteiger partial charge in [0.25, 0.3) is 5.91 Å². The quantitative estimate of drug-likeness (QED) is 0.842. The van der Waals surface area contributed by atoms with Crippen LogP contribution in [0.25, 0.3) is 0 Å². The Hall–Kier alpha value is -1.62. The van der Waals surface area contributed by atoms with Gasteiger partial charge in [0.05, 0.1) is 5.92 Å². The van der Waals surface area contributed by atoms with Gasteiger partial charge in [-0.15, -0.1) is 0 Å². The zero-order chi connectivity index (χ0) is 14.0. The second kappa shape index (κ2) is 5.57. The van der Waals surface area contributed by atoms with Crippen LogP contribution in [0.2, 0.25) is 5.15 Å². The molecular formula is C13H15ClN2O3. The molecule has 1 fully saturated rings. The molecule has 0 unspecified atom stereocenters. The van der Waals surface area contributed by atoms with E-state index in [1.54, 1.807) is 24.0 Å². The third kappa shape index (κ3) is 3.23. The molecule has 0 spiro atoms. The second-order valence-electron chi connectivity index (χ2n) is 4.72. The minimum absolute atomic E-state index is 0.115. The number of halogens is 1. The van der Waals surface area contributed by atoms with Gasteiger partial charge in [0.2, 0.25) is 0 Å². The highest BCUT2D eigenvalue weighted by molar-refractivity contribution is 6.29. The van der Waals surface area contributed by atoms with E-state index in [9.17, 15) is 9.59 Å². The van der Waals surface area contributed by atoms with Crippen molar-refractivity contribution in [3.8, 4) is 0 Å². The van der Waals surface area contributed by atoms with Crippen molar-refractivity contribution in [3.63, 3.8) is 0 Å². The molecule has 1 aliphatic heterocycles. The molecule has 1 aromatic rings. The van der Waals surface area contributed by atoms with Gasteiger partial charge in [0, 0.05) is 24.3 Å². The molecule has 0 aromatic carbocycles. The van der Waals surface area contributed by atoms with Gasteiger partial charge in [-0.25, -0.2) is 4.98 Å². The van der Waals surface area contributed by atoms with Crippen molar-refractivity contribution in [2.24, 2.45) is 5.92 Å². The lowest BCUT2D eigenvalue weighted by molar-refractivity contribution is -0.143. The Morgan fingerprint density at radius 3 is 2.53 bits per heavy atom. The number of carboxylic acid groups (broad SMARTS) is 1. The molecule has 1 N–H and O–H groups in total. The monoisotopic (exact) mass is 282 g/mol. The first-order chi connectivity index (χ1) is 8.97. The molecular weight excluding hydrogens is 268 g/mol. The summed E-state index contributed by atoms with van der Waals surface area (Å²) in [5.74, 6) is -1.24. The number of aliphatic carboxylic acids is 1. The lowest BCUT2D eigenvalue weighted by atomic mass is 9.96. The first-order valence-electron chi connectivity index (χ1n) is 6.13. The number of hydrogen-bond donors (Lipinski definition) is 1. The summed E-state index contributed by atoms with van der Waals surface area (Å²) in [5.41, 5.74) is 1.20. The fraction of sp³-hybridized carbons (Fsp3) is 0.462. The van der Waals surface area contributed by atoms with Crippen LogP contribution in [-0.4, -0.2) is 40.0 Å². The van der Waals surface area contributed by atoms with E-state index in [4.69, 9.17) is 16.7 Å². The number of aromatic nitrogens is 1. The summed E-state index contributed by atoms with van der Waals surface area (Å²) >= 11 is 5.84. The van der Waals surface area contributed by atoms with Gasteiger partial charge in [0.15, 0.2) is 0 Å². The van der Waals surface area contributed by atoms with E-state index in [1.807, 2.05) is 0 Å². The maximum absolute atomic E-state index is 12.3. The van der Waals surface area contributed by atoms with Crippen LogP contribution in [0.1, 0.15) is 28.9 Å². The van der Waals surface area contributed by atoms with E-state index in [1.165, 1.54) is 0 Å².